The Morgan fingerprint density at radius 2 is 2.03 bits per heavy atom. The molecule has 1 amide bonds. The molecule has 13 heteroatoms. The van der Waals surface area contributed by atoms with E-state index in [2.05, 4.69) is 10.1 Å². The van der Waals surface area contributed by atoms with Crippen molar-refractivity contribution in [2.75, 3.05) is 37.6 Å². The zero-order chi connectivity index (χ0) is 23.1. The van der Waals surface area contributed by atoms with E-state index in [0.29, 0.717) is 25.0 Å². The van der Waals surface area contributed by atoms with Crippen molar-refractivity contribution in [1.82, 2.24) is 10.4 Å². The van der Waals surface area contributed by atoms with Gasteiger partial charge in [-0.2, -0.15) is 0 Å². The molecule has 1 aromatic rings. The maximum atomic E-state index is 14.2. The Bertz CT molecular complexity index is 856. The number of anilines is 1. The van der Waals surface area contributed by atoms with Gasteiger partial charge in [0.15, 0.2) is 18.8 Å². The maximum Gasteiger partial charge on any atom is 0.344 e. The van der Waals surface area contributed by atoms with Crippen molar-refractivity contribution in [3.8, 4) is 5.75 Å². The quantitative estimate of drug-likeness (QED) is 0.435. The molecule has 2 unspecified atom stereocenters. The molecule has 2 N–H and O–H groups in total. The Hall–Kier alpha value is -2.28. The lowest BCUT2D eigenvalue weighted by atomic mass is 10.2. The molecule has 2 fully saturated rings. The van der Waals surface area contributed by atoms with Gasteiger partial charge in [0.2, 0.25) is 0 Å². The monoisotopic (exact) mass is 491 g/mol. The Morgan fingerprint density at radius 1 is 1.28 bits per heavy atom. The first-order valence-electron chi connectivity index (χ1n) is 9.87. The van der Waals surface area contributed by atoms with Gasteiger partial charge in [-0.05, 0) is 18.9 Å². The molecule has 32 heavy (non-hydrogen) atoms. The van der Waals surface area contributed by atoms with E-state index in [9.17, 15) is 18.8 Å². The van der Waals surface area contributed by atoms with E-state index < -0.39 is 36.6 Å². The summed E-state index contributed by atoms with van der Waals surface area (Å²) < 4.78 is 37.7. The minimum absolute atomic E-state index is 0.0240. The Kier molecular flexibility index (Phi) is 8.79. The standard InChI is InChI=1S/C19H23ClFN3O7S/c1-11(25)30-16-8-28-9-17(16)31-18(26)10-29-15-7-14(13(21)6-12(15)20)23-32-19(27)24-5-3-2-4-22-24/h6-7,16-17,22-23H,2-5,8-10H2,1H3. The highest BCUT2D eigenvalue weighted by atomic mass is 35.5. The number of hydrogen-bond donors (Lipinski definition) is 2. The fourth-order valence-corrected chi connectivity index (χ4v) is 3.83. The number of benzene rings is 1. The molecule has 2 atom stereocenters. The number of nitrogens with one attached hydrogen (secondary N) is 2. The van der Waals surface area contributed by atoms with Crippen molar-refractivity contribution in [1.29, 1.82) is 0 Å². The fourth-order valence-electron chi connectivity index (χ4n) is 3.00. The molecule has 1 aromatic carbocycles. The van der Waals surface area contributed by atoms with Gasteiger partial charge in [-0.3, -0.25) is 14.6 Å². The largest absolute Gasteiger partial charge is 0.480 e. The van der Waals surface area contributed by atoms with E-state index in [0.717, 1.165) is 18.9 Å². The molecule has 0 aromatic heterocycles. The van der Waals surface area contributed by atoms with E-state index in [1.165, 1.54) is 18.0 Å². The summed E-state index contributed by atoms with van der Waals surface area (Å²) in [5.41, 5.74) is 2.93. The summed E-state index contributed by atoms with van der Waals surface area (Å²) in [4.78, 5) is 35.4. The summed E-state index contributed by atoms with van der Waals surface area (Å²) >= 11 is 6.71. The first kappa shape index (κ1) is 24.4. The van der Waals surface area contributed by atoms with Crippen molar-refractivity contribution in [2.24, 2.45) is 0 Å². The van der Waals surface area contributed by atoms with Gasteiger partial charge in [-0.15, -0.1) is 0 Å². The number of carbonyl (C=O) groups is 3. The average molecular weight is 492 g/mol. The molecule has 2 aliphatic rings. The number of halogens is 2. The number of hydrogen-bond acceptors (Lipinski definition) is 10. The van der Waals surface area contributed by atoms with E-state index in [4.69, 9.17) is 30.5 Å². The van der Waals surface area contributed by atoms with Crippen molar-refractivity contribution in [3.63, 3.8) is 0 Å². The lowest BCUT2D eigenvalue weighted by Crippen LogP contribution is -2.45. The molecule has 176 valence electrons. The van der Waals surface area contributed by atoms with Crippen LogP contribution in [0.5, 0.6) is 5.75 Å². The first-order valence-corrected chi connectivity index (χ1v) is 11.1. The molecule has 0 saturated carbocycles. The number of ether oxygens (including phenoxy) is 4. The average Bonchev–Trinajstić information content (AvgIpc) is 3.18. The summed E-state index contributed by atoms with van der Waals surface area (Å²) in [5.74, 6) is -1.92. The zero-order valence-corrected chi connectivity index (χ0v) is 18.8. The van der Waals surface area contributed by atoms with Gasteiger partial charge in [-0.25, -0.2) is 14.6 Å². The van der Waals surface area contributed by atoms with E-state index in [-0.39, 0.29) is 34.9 Å². The molecule has 0 spiro atoms. The molecule has 3 rings (SSSR count). The van der Waals surface area contributed by atoms with Crippen LogP contribution >= 0.6 is 23.5 Å². The lowest BCUT2D eigenvalue weighted by molar-refractivity contribution is -0.163. The molecule has 2 heterocycles. The Balaban J connectivity index is 1.53. The van der Waals surface area contributed by atoms with Gasteiger partial charge < -0.3 is 23.7 Å². The smallest absolute Gasteiger partial charge is 0.344 e. The number of amides is 1. The Labute approximate surface area is 193 Å². The van der Waals surface area contributed by atoms with Crippen LogP contribution in [0.3, 0.4) is 0 Å². The number of rotatable bonds is 7. The number of hydrazine groups is 1. The fraction of sp³-hybridized carbons (Fsp3) is 0.526. The van der Waals surface area contributed by atoms with Crippen LogP contribution in [0.1, 0.15) is 19.8 Å². The van der Waals surface area contributed by atoms with Crippen molar-refractivity contribution in [3.05, 3.63) is 23.0 Å². The molecule has 2 aliphatic heterocycles. The number of nitrogens with zero attached hydrogens (tertiary/aromatic N) is 1. The van der Waals surface area contributed by atoms with Crippen LogP contribution in [0.2, 0.25) is 5.02 Å². The summed E-state index contributed by atoms with van der Waals surface area (Å²) in [6.45, 7) is 2.21. The van der Waals surface area contributed by atoms with Gasteiger partial charge in [-0.1, -0.05) is 11.6 Å². The highest BCUT2D eigenvalue weighted by molar-refractivity contribution is 8.14. The van der Waals surface area contributed by atoms with Crippen LogP contribution in [0, 0.1) is 5.82 Å². The van der Waals surface area contributed by atoms with Gasteiger partial charge in [0, 0.05) is 38.0 Å². The Morgan fingerprint density at radius 3 is 2.72 bits per heavy atom. The predicted molar refractivity (Wildman–Crippen MR) is 114 cm³/mol. The van der Waals surface area contributed by atoms with Gasteiger partial charge in [0.25, 0.3) is 0 Å². The molecule has 0 aliphatic carbocycles. The van der Waals surface area contributed by atoms with Crippen LogP contribution in [0.25, 0.3) is 0 Å². The normalized spacial score (nSPS) is 20.5. The molecular formula is C19H23ClFN3O7S. The molecule has 10 nitrogen and oxygen atoms in total. The van der Waals surface area contributed by atoms with Gasteiger partial charge in [0.05, 0.1) is 23.9 Å². The highest BCUT2D eigenvalue weighted by Gasteiger charge is 2.34. The van der Waals surface area contributed by atoms with Crippen molar-refractivity contribution >= 4 is 46.4 Å². The van der Waals surface area contributed by atoms with Gasteiger partial charge in [0.1, 0.15) is 11.6 Å². The van der Waals surface area contributed by atoms with Crippen LogP contribution in [0.15, 0.2) is 12.1 Å². The summed E-state index contributed by atoms with van der Waals surface area (Å²) in [6, 6.07) is 2.26. The van der Waals surface area contributed by atoms with Crippen LogP contribution in [-0.2, 0) is 23.8 Å². The summed E-state index contributed by atoms with van der Waals surface area (Å²) in [5, 5.41) is 1.08. The zero-order valence-electron chi connectivity index (χ0n) is 17.2. The minimum Gasteiger partial charge on any atom is -0.480 e. The van der Waals surface area contributed by atoms with Crippen LogP contribution in [-0.4, -0.2) is 67.3 Å². The van der Waals surface area contributed by atoms with Crippen molar-refractivity contribution < 1.29 is 37.7 Å². The second-order valence-corrected chi connectivity index (χ2v) is 8.17. The van der Waals surface area contributed by atoms with E-state index in [1.54, 1.807) is 0 Å². The highest BCUT2D eigenvalue weighted by Crippen LogP contribution is 2.32. The third kappa shape index (κ3) is 6.86. The first-order chi connectivity index (χ1) is 15.3. The molecule has 0 radical (unpaired) electrons. The topological polar surface area (TPSA) is 115 Å². The maximum absolute atomic E-state index is 14.2. The third-order valence-corrected chi connectivity index (χ3v) is 5.54. The molecular weight excluding hydrogens is 469 g/mol. The SMILES string of the molecule is CC(=O)OC1COCC1OC(=O)COc1cc(NSC(=O)N2CCCCN2)c(F)cc1Cl. The van der Waals surface area contributed by atoms with E-state index in [1.807, 2.05) is 0 Å². The second-order valence-electron chi connectivity index (χ2n) is 7.00. The number of carbonyl (C=O) groups excluding carboxylic acids is 3. The van der Waals surface area contributed by atoms with Crippen LogP contribution < -0.4 is 14.9 Å². The second kappa shape index (κ2) is 11.5. The van der Waals surface area contributed by atoms with Gasteiger partial charge >= 0.3 is 17.2 Å². The third-order valence-electron chi connectivity index (χ3n) is 4.53. The van der Waals surface area contributed by atoms with Crippen LogP contribution in [0.4, 0.5) is 14.9 Å². The summed E-state index contributed by atoms with van der Waals surface area (Å²) in [7, 11) is 0. The predicted octanol–water partition coefficient (Wildman–Crippen LogP) is 2.51. The van der Waals surface area contributed by atoms with E-state index >= 15 is 0 Å². The molecule has 2 saturated heterocycles. The van der Waals surface area contributed by atoms with Crippen molar-refractivity contribution in [2.45, 2.75) is 32.0 Å². The number of esters is 2. The molecule has 0 bridgehead atoms. The lowest BCUT2D eigenvalue weighted by Gasteiger charge is -2.27. The minimum atomic E-state index is -0.748. The summed E-state index contributed by atoms with van der Waals surface area (Å²) in [6.07, 6.45) is 0.430.